The molecule has 0 saturated heterocycles. The molecule has 0 radical (unpaired) electrons. The van der Waals surface area contributed by atoms with Crippen LogP contribution in [0.5, 0.6) is 0 Å². The zero-order chi connectivity index (χ0) is 20.9. The molecule has 2 aromatic carbocycles. The highest BCUT2D eigenvalue weighted by Crippen LogP contribution is 2.12. The second-order valence-electron chi connectivity index (χ2n) is 6.32. The maximum atomic E-state index is 12.4. The van der Waals surface area contributed by atoms with Gasteiger partial charge in [0.25, 0.3) is 0 Å². The lowest BCUT2D eigenvalue weighted by molar-refractivity contribution is -0.139. The summed E-state index contributed by atoms with van der Waals surface area (Å²) in [5.74, 6) is -1.40. The summed E-state index contributed by atoms with van der Waals surface area (Å²) in [6, 6.07) is 10.6. The first-order valence-electron chi connectivity index (χ1n) is 8.39. The van der Waals surface area contributed by atoms with Crippen LogP contribution in [0.1, 0.15) is 17.5 Å². The van der Waals surface area contributed by atoms with E-state index < -0.39 is 32.1 Å². The van der Waals surface area contributed by atoms with Crippen LogP contribution in [0.3, 0.4) is 0 Å². The van der Waals surface area contributed by atoms with Crippen LogP contribution in [0.25, 0.3) is 0 Å². The maximum Gasteiger partial charge on any atom is 0.321 e. The predicted molar refractivity (Wildman–Crippen MR) is 104 cm³/mol. The summed E-state index contributed by atoms with van der Waals surface area (Å²) in [5, 5.41) is 9.30. The van der Waals surface area contributed by atoms with Gasteiger partial charge in [0, 0.05) is 6.54 Å². The molecule has 0 bridgehead atoms. The average molecular weight is 427 g/mol. The minimum absolute atomic E-state index is 0.0465. The SMILES string of the molecule is Cc1ccc(S(=O)(=O)NCCC(NS(=O)(=O)c2ccc(C)cc2)C(=O)O)cc1. The third-order valence-electron chi connectivity index (χ3n) is 3.98. The third-order valence-corrected chi connectivity index (χ3v) is 6.95. The first kappa shape index (κ1) is 22.0. The summed E-state index contributed by atoms with van der Waals surface area (Å²) in [7, 11) is -7.87. The quantitative estimate of drug-likeness (QED) is 0.556. The van der Waals surface area contributed by atoms with Crippen LogP contribution in [0.4, 0.5) is 0 Å². The molecular weight excluding hydrogens is 404 g/mol. The summed E-state index contributed by atoms with van der Waals surface area (Å²) >= 11 is 0. The number of benzene rings is 2. The summed E-state index contributed by atoms with van der Waals surface area (Å²) in [4.78, 5) is 11.4. The van der Waals surface area contributed by atoms with Gasteiger partial charge in [0.05, 0.1) is 9.79 Å². The van der Waals surface area contributed by atoms with Crippen LogP contribution in [0.2, 0.25) is 0 Å². The third kappa shape index (κ3) is 5.86. The zero-order valence-electron chi connectivity index (χ0n) is 15.4. The maximum absolute atomic E-state index is 12.4. The van der Waals surface area contributed by atoms with E-state index in [1.54, 1.807) is 31.2 Å². The van der Waals surface area contributed by atoms with Crippen LogP contribution in [-0.4, -0.2) is 40.5 Å². The van der Waals surface area contributed by atoms with E-state index in [1.165, 1.54) is 24.3 Å². The van der Waals surface area contributed by atoms with E-state index in [4.69, 9.17) is 0 Å². The lowest BCUT2D eigenvalue weighted by atomic mass is 10.2. The summed E-state index contributed by atoms with van der Waals surface area (Å²) < 4.78 is 53.6. The lowest BCUT2D eigenvalue weighted by Gasteiger charge is -2.15. The van der Waals surface area contributed by atoms with Crippen molar-refractivity contribution in [2.75, 3.05) is 6.54 Å². The zero-order valence-corrected chi connectivity index (χ0v) is 17.0. The van der Waals surface area contributed by atoms with Gasteiger partial charge in [-0.05, 0) is 44.5 Å². The molecule has 28 heavy (non-hydrogen) atoms. The van der Waals surface area contributed by atoms with Gasteiger partial charge >= 0.3 is 5.97 Å². The fourth-order valence-corrected chi connectivity index (χ4v) is 4.62. The van der Waals surface area contributed by atoms with E-state index in [2.05, 4.69) is 9.44 Å². The Bertz CT molecular complexity index is 1030. The number of carboxylic acid groups (broad SMARTS) is 1. The van der Waals surface area contributed by atoms with Crippen molar-refractivity contribution in [1.82, 2.24) is 9.44 Å². The molecule has 2 aromatic rings. The van der Waals surface area contributed by atoms with Gasteiger partial charge in [0.1, 0.15) is 6.04 Å². The molecular formula is C18H22N2O6S2. The molecule has 2 rings (SSSR count). The van der Waals surface area contributed by atoms with Gasteiger partial charge in [0.2, 0.25) is 20.0 Å². The fraction of sp³-hybridized carbons (Fsp3) is 0.278. The van der Waals surface area contributed by atoms with Gasteiger partial charge in [-0.1, -0.05) is 35.4 Å². The molecule has 0 heterocycles. The number of carboxylic acids is 1. The Morgan fingerprint density at radius 3 is 1.71 bits per heavy atom. The highest BCUT2D eigenvalue weighted by atomic mass is 32.2. The van der Waals surface area contributed by atoms with Crippen molar-refractivity contribution in [3.05, 3.63) is 59.7 Å². The Balaban J connectivity index is 2.04. The smallest absolute Gasteiger partial charge is 0.321 e. The molecule has 0 fully saturated rings. The summed E-state index contributed by atoms with van der Waals surface area (Å²) in [6.45, 7) is 3.37. The minimum atomic E-state index is -4.05. The van der Waals surface area contributed by atoms with Crippen molar-refractivity contribution in [3.8, 4) is 0 Å². The van der Waals surface area contributed by atoms with E-state index in [0.29, 0.717) is 0 Å². The standard InChI is InChI=1S/C18H22N2O6S2/c1-13-3-7-15(8-4-13)27(23,24)19-12-11-17(18(21)22)20-28(25,26)16-9-5-14(2)6-10-16/h3-10,17,19-20H,11-12H2,1-2H3,(H,21,22). The van der Waals surface area contributed by atoms with Crippen molar-refractivity contribution in [2.45, 2.75) is 36.1 Å². The van der Waals surface area contributed by atoms with Crippen molar-refractivity contribution in [2.24, 2.45) is 0 Å². The Morgan fingerprint density at radius 1 is 0.857 bits per heavy atom. The monoisotopic (exact) mass is 426 g/mol. The normalized spacial score (nSPS) is 13.2. The van der Waals surface area contributed by atoms with Gasteiger partial charge in [-0.2, -0.15) is 4.72 Å². The van der Waals surface area contributed by atoms with Gasteiger partial charge < -0.3 is 5.11 Å². The molecule has 8 nitrogen and oxygen atoms in total. The number of hydrogen-bond acceptors (Lipinski definition) is 5. The van der Waals surface area contributed by atoms with Crippen LogP contribution in [0.15, 0.2) is 58.3 Å². The van der Waals surface area contributed by atoms with Crippen molar-refractivity contribution < 1.29 is 26.7 Å². The Labute approximate surface area is 164 Å². The largest absolute Gasteiger partial charge is 0.480 e. The first-order chi connectivity index (χ1) is 13.0. The van der Waals surface area contributed by atoms with Crippen molar-refractivity contribution in [1.29, 1.82) is 0 Å². The molecule has 1 atom stereocenters. The van der Waals surface area contributed by atoms with E-state index in [1.807, 2.05) is 6.92 Å². The Kier molecular flexibility index (Phi) is 6.94. The number of rotatable bonds is 9. The first-order valence-corrected chi connectivity index (χ1v) is 11.4. The number of nitrogens with one attached hydrogen (secondary N) is 2. The number of sulfonamides is 2. The van der Waals surface area contributed by atoms with Gasteiger partial charge in [0.15, 0.2) is 0 Å². The molecule has 0 saturated carbocycles. The van der Waals surface area contributed by atoms with Gasteiger partial charge in [-0.25, -0.2) is 21.6 Å². The van der Waals surface area contributed by atoms with Crippen LogP contribution < -0.4 is 9.44 Å². The molecule has 3 N–H and O–H groups in total. The van der Waals surface area contributed by atoms with Crippen molar-refractivity contribution in [3.63, 3.8) is 0 Å². The highest BCUT2D eigenvalue weighted by molar-refractivity contribution is 7.89. The predicted octanol–water partition coefficient (Wildman–Crippen LogP) is 1.40. The molecule has 0 spiro atoms. The fourth-order valence-electron chi connectivity index (χ4n) is 2.34. The summed E-state index contributed by atoms with van der Waals surface area (Å²) in [6.07, 6.45) is -0.258. The minimum Gasteiger partial charge on any atom is -0.480 e. The number of aryl methyl sites for hydroxylation is 2. The molecule has 10 heteroatoms. The number of carbonyl (C=O) groups is 1. The van der Waals surface area contributed by atoms with Crippen LogP contribution >= 0.6 is 0 Å². The van der Waals surface area contributed by atoms with E-state index in [-0.39, 0.29) is 22.8 Å². The number of hydrogen-bond donors (Lipinski definition) is 3. The second-order valence-corrected chi connectivity index (χ2v) is 9.81. The number of aliphatic carboxylic acids is 1. The van der Waals surface area contributed by atoms with Crippen LogP contribution in [-0.2, 0) is 24.8 Å². The molecule has 1 unspecified atom stereocenters. The topological polar surface area (TPSA) is 130 Å². The second kappa shape index (κ2) is 8.82. The van der Waals surface area contributed by atoms with E-state index >= 15 is 0 Å². The Morgan fingerprint density at radius 2 is 1.29 bits per heavy atom. The summed E-state index contributed by atoms with van der Waals surface area (Å²) in [5.41, 5.74) is 1.76. The van der Waals surface area contributed by atoms with Gasteiger partial charge in [-0.3, -0.25) is 4.79 Å². The molecule has 152 valence electrons. The van der Waals surface area contributed by atoms with Crippen molar-refractivity contribution >= 4 is 26.0 Å². The van der Waals surface area contributed by atoms with Gasteiger partial charge in [-0.15, -0.1) is 0 Å². The Hall–Kier alpha value is -2.27. The molecule has 0 aromatic heterocycles. The molecule has 0 aliphatic heterocycles. The van der Waals surface area contributed by atoms with E-state index in [9.17, 15) is 26.7 Å². The van der Waals surface area contributed by atoms with E-state index in [0.717, 1.165) is 11.1 Å². The lowest BCUT2D eigenvalue weighted by Crippen LogP contribution is -2.43. The average Bonchev–Trinajstić information content (AvgIpc) is 2.61. The highest BCUT2D eigenvalue weighted by Gasteiger charge is 2.26. The molecule has 0 amide bonds. The van der Waals surface area contributed by atoms with Crippen LogP contribution in [0, 0.1) is 13.8 Å². The molecule has 0 aliphatic rings. The molecule has 0 aliphatic carbocycles.